The largest absolute Gasteiger partial charge is 0.370 e. The van der Waals surface area contributed by atoms with Crippen LogP contribution in [0.25, 0.3) is 0 Å². The lowest BCUT2D eigenvalue weighted by Crippen LogP contribution is -2.33. The molecule has 112 valence electrons. The van der Waals surface area contributed by atoms with Gasteiger partial charge in [0.2, 0.25) is 0 Å². The fraction of sp³-hybridized carbons (Fsp3) is 0.600. The predicted octanol–water partition coefficient (Wildman–Crippen LogP) is 1.93. The Morgan fingerprint density at radius 1 is 1.30 bits per heavy atom. The van der Waals surface area contributed by atoms with Crippen LogP contribution in [0.2, 0.25) is 0 Å². The SMILES string of the molecule is CCNc1ncccc1C(=O)N(CC)CCCN(C)C. The van der Waals surface area contributed by atoms with Crippen molar-refractivity contribution in [2.75, 3.05) is 45.6 Å². The Bertz CT molecular complexity index is 420. The van der Waals surface area contributed by atoms with Crippen molar-refractivity contribution in [1.29, 1.82) is 0 Å². The first-order chi connectivity index (χ1) is 9.60. The summed E-state index contributed by atoms with van der Waals surface area (Å²) in [5.41, 5.74) is 0.654. The van der Waals surface area contributed by atoms with E-state index in [2.05, 4.69) is 15.2 Å². The zero-order chi connectivity index (χ0) is 15.0. The molecule has 0 saturated carbocycles. The van der Waals surface area contributed by atoms with Gasteiger partial charge in [0.15, 0.2) is 0 Å². The van der Waals surface area contributed by atoms with Gasteiger partial charge in [-0.25, -0.2) is 4.98 Å². The maximum Gasteiger partial charge on any atom is 0.257 e. The Morgan fingerprint density at radius 3 is 2.65 bits per heavy atom. The van der Waals surface area contributed by atoms with Crippen molar-refractivity contribution >= 4 is 11.7 Å². The highest BCUT2D eigenvalue weighted by Crippen LogP contribution is 2.14. The second-order valence-corrected chi connectivity index (χ2v) is 4.97. The molecule has 5 heteroatoms. The number of hydrogen-bond acceptors (Lipinski definition) is 4. The minimum atomic E-state index is 0.0512. The standard InChI is InChI=1S/C15H26N4O/c1-5-16-14-13(9-7-10-17-14)15(20)19(6-2)12-8-11-18(3)4/h7,9-10H,5-6,8,11-12H2,1-4H3,(H,16,17). The average molecular weight is 278 g/mol. The maximum atomic E-state index is 12.6. The normalized spacial score (nSPS) is 10.7. The molecule has 20 heavy (non-hydrogen) atoms. The van der Waals surface area contributed by atoms with Crippen molar-refractivity contribution < 1.29 is 4.79 Å². The summed E-state index contributed by atoms with van der Waals surface area (Å²) in [5.74, 6) is 0.723. The van der Waals surface area contributed by atoms with Gasteiger partial charge in [-0.15, -0.1) is 0 Å². The number of anilines is 1. The van der Waals surface area contributed by atoms with Gasteiger partial charge in [-0.3, -0.25) is 4.79 Å². The van der Waals surface area contributed by atoms with Crippen LogP contribution in [-0.4, -0.2) is 61.0 Å². The van der Waals surface area contributed by atoms with Gasteiger partial charge >= 0.3 is 0 Å². The zero-order valence-electron chi connectivity index (χ0n) is 13.0. The highest BCUT2D eigenvalue weighted by Gasteiger charge is 2.17. The van der Waals surface area contributed by atoms with Crippen molar-refractivity contribution in [2.45, 2.75) is 20.3 Å². The van der Waals surface area contributed by atoms with Crippen LogP contribution in [0.1, 0.15) is 30.6 Å². The van der Waals surface area contributed by atoms with Crippen molar-refractivity contribution in [3.8, 4) is 0 Å². The molecule has 0 spiro atoms. The molecule has 0 aromatic carbocycles. The van der Waals surface area contributed by atoms with Gasteiger partial charge in [-0.05, 0) is 53.0 Å². The van der Waals surface area contributed by atoms with Gasteiger partial charge in [0, 0.05) is 25.8 Å². The molecule has 0 atom stereocenters. The van der Waals surface area contributed by atoms with Crippen LogP contribution in [0.3, 0.4) is 0 Å². The smallest absolute Gasteiger partial charge is 0.257 e. The van der Waals surface area contributed by atoms with Gasteiger partial charge < -0.3 is 15.1 Å². The molecule has 5 nitrogen and oxygen atoms in total. The molecule has 0 radical (unpaired) electrons. The van der Waals surface area contributed by atoms with Crippen molar-refractivity contribution in [2.24, 2.45) is 0 Å². The molecule has 0 aliphatic rings. The fourth-order valence-electron chi connectivity index (χ4n) is 2.04. The molecule has 0 aliphatic carbocycles. The molecule has 1 aromatic heterocycles. The number of carbonyl (C=O) groups excluding carboxylic acids is 1. The van der Waals surface area contributed by atoms with E-state index in [1.54, 1.807) is 6.20 Å². The van der Waals surface area contributed by atoms with Crippen molar-refractivity contribution in [1.82, 2.24) is 14.8 Å². The zero-order valence-corrected chi connectivity index (χ0v) is 13.0. The number of nitrogens with one attached hydrogen (secondary N) is 1. The van der Waals surface area contributed by atoms with Crippen molar-refractivity contribution in [3.63, 3.8) is 0 Å². The van der Waals surface area contributed by atoms with Gasteiger partial charge in [0.25, 0.3) is 5.91 Å². The van der Waals surface area contributed by atoms with Crippen LogP contribution in [-0.2, 0) is 0 Å². The Hall–Kier alpha value is -1.62. The fourth-order valence-corrected chi connectivity index (χ4v) is 2.04. The molecule has 0 aliphatic heterocycles. The minimum Gasteiger partial charge on any atom is -0.370 e. The molecule has 1 heterocycles. The van der Waals surface area contributed by atoms with Crippen LogP contribution >= 0.6 is 0 Å². The Morgan fingerprint density at radius 2 is 2.05 bits per heavy atom. The van der Waals surface area contributed by atoms with Crippen LogP contribution in [0.15, 0.2) is 18.3 Å². The molecular weight excluding hydrogens is 252 g/mol. The monoisotopic (exact) mass is 278 g/mol. The maximum absolute atomic E-state index is 12.6. The average Bonchev–Trinajstić information content (AvgIpc) is 2.43. The Labute approximate surface area is 122 Å². The summed E-state index contributed by atoms with van der Waals surface area (Å²) in [6.07, 6.45) is 2.68. The lowest BCUT2D eigenvalue weighted by atomic mass is 10.2. The number of amides is 1. The first-order valence-electron chi connectivity index (χ1n) is 7.23. The van der Waals surface area contributed by atoms with E-state index in [1.807, 2.05) is 45.0 Å². The van der Waals surface area contributed by atoms with E-state index < -0.39 is 0 Å². The highest BCUT2D eigenvalue weighted by atomic mass is 16.2. The number of nitrogens with zero attached hydrogens (tertiary/aromatic N) is 3. The highest BCUT2D eigenvalue weighted by molar-refractivity contribution is 5.98. The molecule has 1 aromatic rings. The summed E-state index contributed by atoms with van der Waals surface area (Å²) in [6, 6.07) is 3.64. The summed E-state index contributed by atoms with van der Waals surface area (Å²) in [7, 11) is 4.09. The van der Waals surface area contributed by atoms with Crippen LogP contribution < -0.4 is 5.32 Å². The topological polar surface area (TPSA) is 48.5 Å². The summed E-state index contributed by atoms with van der Waals surface area (Å²) in [6.45, 7) is 7.23. The van der Waals surface area contributed by atoms with Gasteiger partial charge in [0.1, 0.15) is 5.82 Å². The third-order valence-corrected chi connectivity index (χ3v) is 3.08. The summed E-state index contributed by atoms with van der Waals surface area (Å²) in [4.78, 5) is 20.8. The van der Waals surface area contributed by atoms with E-state index in [0.29, 0.717) is 17.9 Å². The lowest BCUT2D eigenvalue weighted by molar-refractivity contribution is 0.0760. The number of carbonyl (C=O) groups is 1. The second-order valence-electron chi connectivity index (χ2n) is 4.97. The van der Waals surface area contributed by atoms with E-state index in [-0.39, 0.29) is 5.91 Å². The minimum absolute atomic E-state index is 0.0512. The van der Waals surface area contributed by atoms with E-state index >= 15 is 0 Å². The number of hydrogen-bond donors (Lipinski definition) is 1. The van der Waals surface area contributed by atoms with Gasteiger partial charge in [-0.1, -0.05) is 0 Å². The third-order valence-electron chi connectivity index (χ3n) is 3.08. The Balaban J connectivity index is 2.75. The predicted molar refractivity (Wildman–Crippen MR) is 83.1 cm³/mol. The van der Waals surface area contributed by atoms with Gasteiger partial charge in [-0.2, -0.15) is 0 Å². The molecule has 1 rings (SSSR count). The van der Waals surface area contributed by atoms with E-state index in [9.17, 15) is 4.79 Å². The second kappa shape index (κ2) is 8.53. The van der Waals surface area contributed by atoms with Crippen LogP contribution in [0, 0.1) is 0 Å². The number of pyridine rings is 1. The molecular formula is C15H26N4O. The summed E-state index contributed by atoms with van der Waals surface area (Å²) < 4.78 is 0. The molecule has 0 unspecified atom stereocenters. The van der Waals surface area contributed by atoms with E-state index in [0.717, 1.165) is 26.1 Å². The molecule has 0 bridgehead atoms. The molecule has 0 fully saturated rings. The number of rotatable bonds is 8. The van der Waals surface area contributed by atoms with Crippen LogP contribution in [0.5, 0.6) is 0 Å². The summed E-state index contributed by atoms with van der Waals surface area (Å²) >= 11 is 0. The first kappa shape index (κ1) is 16.4. The Kier molecular flexibility index (Phi) is 7.01. The third kappa shape index (κ3) is 4.81. The summed E-state index contributed by atoms with van der Waals surface area (Å²) in [5, 5.41) is 3.14. The molecule has 1 amide bonds. The van der Waals surface area contributed by atoms with Crippen molar-refractivity contribution in [3.05, 3.63) is 23.9 Å². The first-order valence-corrected chi connectivity index (χ1v) is 7.23. The van der Waals surface area contributed by atoms with E-state index in [1.165, 1.54) is 0 Å². The quantitative estimate of drug-likeness (QED) is 0.789. The van der Waals surface area contributed by atoms with Crippen LogP contribution in [0.4, 0.5) is 5.82 Å². The van der Waals surface area contributed by atoms with E-state index in [4.69, 9.17) is 0 Å². The molecule has 0 saturated heterocycles. The lowest BCUT2D eigenvalue weighted by Gasteiger charge is -2.23. The number of aromatic nitrogens is 1. The van der Waals surface area contributed by atoms with Gasteiger partial charge in [0.05, 0.1) is 5.56 Å². The molecule has 1 N–H and O–H groups in total.